The number of ether oxygens (including phenoxy) is 1. The number of halogens is 1. The second kappa shape index (κ2) is 9.71. The van der Waals surface area contributed by atoms with Gasteiger partial charge in [0.05, 0.1) is 23.1 Å². The summed E-state index contributed by atoms with van der Waals surface area (Å²) in [6.07, 6.45) is -0.251. The monoisotopic (exact) mass is 475 g/mol. The van der Waals surface area contributed by atoms with Crippen molar-refractivity contribution in [3.8, 4) is 11.5 Å². The fraction of sp³-hybridized carbons (Fsp3) is 0.200. The number of aromatic nitrogens is 2. The summed E-state index contributed by atoms with van der Waals surface area (Å²) in [4.78, 5) is 24.5. The van der Waals surface area contributed by atoms with E-state index in [0.29, 0.717) is 17.1 Å². The van der Waals surface area contributed by atoms with E-state index < -0.39 is 5.97 Å². The molecule has 0 atom stereocenters. The minimum Gasteiger partial charge on any atom is -0.459 e. The van der Waals surface area contributed by atoms with Gasteiger partial charge in [-0.05, 0) is 50.2 Å². The smallest absolute Gasteiger partial charge is 0.340 e. The van der Waals surface area contributed by atoms with Gasteiger partial charge in [-0.2, -0.15) is 0 Å². The van der Waals surface area contributed by atoms with E-state index in [1.807, 2.05) is 24.3 Å². The molecule has 150 valence electrons. The third-order valence-corrected chi connectivity index (χ3v) is 4.94. The van der Waals surface area contributed by atoms with Crippen molar-refractivity contribution in [2.24, 2.45) is 0 Å². The maximum Gasteiger partial charge on any atom is 0.340 e. The molecule has 0 aliphatic heterocycles. The quantitative estimate of drug-likeness (QED) is 0.387. The van der Waals surface area contributed by atoms with Crippen LogP contribution in [-0.4, -0.2) is 33.9 Å². The van der Waals surface area contributed by atoms with Gasteiger partial charge in [-0.1, -0.05) is 39.8 Å². The summed E-state index contributed by atoms with van der Waals surface area (Å²) in [7, 11) is 0. The predicted octanol–water partition coefficient (Wildman–Crippen LogP) is 4.80. The lowest BCUT2D eigenvalue weighted by Gasteiger charge is -2.12. The summed E-state index contributed by atoms with van der Waals surface area (Å²) in [5, 5.41) is 11.0. The molecule has 0 saturated carbocycles. The first-order valence-corrected chi connectivity index (χ1v) is 10.5. The number of anilines is 1. The average molecular weight is 476 g/mol. The van der Waals surface area contributed by atoms with Crippen LogP contribution in [0.5, 0.6) is 0 Å². The van der Waals surface area contributed by atoms with Crippen LogP contribution in [0.1, 0.15) is 24.2 Å². The number of carbonyl (C=O) groups is 2. The summed E-state index contributed by atoms with van der Waals surface area (Å²) < 4.78 is 11.7. The van der Waals surface area contributed by atoms with Gasteiger partial charge >= 0.3 is 5.97 Å². The van der Waals surface area contributed by atoms with Crippen molar-refractivity contribution in [2.45, 2.75) is 25.2 Å². The Bertz CT molecular complexity index is 1000. The highest BCUT2D eigenvalue weighted by Crippen LogP contribution is 2.25. The summed E-state index contributed by atoms with van der Waals surface area (Å²) in [5.74, 6) is -0.361. The molecule has 1 N–H and O–H groups in total. The van der Waals surface area contributed by atoms with E-state index in [4.69, 9.17) is 9.15 Å². The van der Waals surface area contributed by atoms with Gasteiger partial charge in [0.15, 0.2) is 0 Å². The number of amides is 1. The Morgan fingerprint density at radius 2 is 1.86 bits per heavy atom. The zero-order chi connectivity index (χ0) is 20.8. The lowest BCUT2D eigenvalue weighted by Crippen LogP contribution is -2.18. The number of esters is 1. The fourth-order valence-corrected chi connectivity index (χ4v) is 3.17. The number of nitrogens with one attached hydrogen (secondary N) is 1. The highest BCUT2D eigenvalue weighted by molar-refractivity contribution is 9.10. The highest BCUT2D eigenvalue weighted by Gasteiger charge is 2.16. The third kappa shape index (κ3) is 5.91. The molecule has 0 saturated heterocycles. The second-order valence-electron chi connectivity index (χ2n) is 6.22. The van der Waals surface area contributed by atoms with E-state index in [2.05, 4.69) is 31.4 Å². The van der Waals surface area contributed by atoms with E-state index in [1.165, 1.54) is 0 Å². The number of hydrogen-bond donors (Lipinski definition) is 1. The number of nitrogens with zero attached hydrogens (tertiary/aromatic N) is 2. The van der Waals surface area contributed by atoms with Crippen molar-refractivity contribution in [3.63, 3.8) is 0 Å². The normalized spacial score (nSPS) is 10.8. The minimum atomic E-state index is -0.486. The molecule has 0 spiro atoms. The van der Waals surface area contributed by atoms with Gasteiger partial charge in [-0.25, -0.2) is 4.79 Å². The van der Waals surface area contributed by atoms with Crippen LogP contribution in [0.25, 0.3) is 11.5 Å². The van der Waals surface area contributed by atoms with Crippen molar-refractivity contribution in [2.75, 3.05) is 11.1 Å². The van der Waals surface area contributed by atoms with Crippen molar-refractivity contribution in [3.05, 3.63) is 58.6 Å². The van der Waals surface area contributed by atoms with Gasteiger partial charge in [0.1, 0.15) is 0 Å². The molecule has 1 aromatic heterocycles. The largest absolute Gasteiger partial charge is 0.459 e. The molecule has 29 heavy (non-hydrogen) atoms. The molecule has 7 nitrogen and oxygen atoms in total. The zero-order valence-electron chi connectivity index (χ0n) is 15.7. The Morgan fingerprint density at radius 1 is 1.14 bits per heavy atom. The molecule has 9 heteroatoms. The first-order chi connectivity index (χ1) is 13.9. The molecule has 0 radical (unpaired) electrons. The molecule has 0 aliphatic carbocycles. The van der Waals surface area contributed by atoms with Crippen LogP contribution in [0.2, 0.25) is 0 Å². The number of thioether (sulfide) groups is 1. The van der Waals surface area contributed by atoms with Gasteiger partial charge in [-0.15, -0.1) is 10.2 Å². The van der Waals surface area contributed by atoms with Crippen molar-refractivity contribution < 1.29 is 18.7 Å². The SMILES string of the molecule is CC(C)OC(=O)c1ccccc1NC(=O)CSc1nnc(-c2ccc(Br)cc2)o1. The van der Waals surface area contributed by atoms with Crippen LogP contribution in [0, 0.1) is 0 Å². The Morgan fingerprint density at radius 3 is 2.59 bits per heavy atom. The molecule has 1 heterocycles. The number of hydrogen-bond acceptors (Lipinski definition) is 7. The Balaban J connectivity index is 1.60. The minimum absolute atomic E-state index is 0.0511. The maximum atomic E-state index is 12.3. The van der Waals surface area contributed by atoms with Gasteiger partial charge in [0.2, 0.25) is 11.8 Å². The molecule has 0 fully saturated rings. The summed E-state index contributed by atoms with van der Waals surface area (Å²) in [5.41, 5.74) is 1.48. The molecule has 0 unspecified atom stereocenters. The van der Waals surface area contributed by atoms with Crippen molar-refractivity contribution >= 4 is 45.3 Å². The molecule has 1 amide bonds. The average Bonchev–Trinajstić information content (AvgIpc) is 3.16. The van der Waals surface area contributed by atoms with Gasteiger partial charge < -0.3 is 14.5 Å². The maximum absolute atomic E-state index is 12.3. The van der Waals surface area contributed by atoms with E-state index in [-0.39, 0.29) is 23.0 Å². The first kappa shape index (κ1) is 21.1. The van der Waals surface area contributed by atoms with E-state index in [0.717, 1.165) is 21.8 Å². The Hall–Kier alpha value is -2.65. The van der Waals surface area contributed by atoms with E-state index in [1.54, 1.807) is 38.1 Å². The molecule has 0 bridgehead atoms. The Kier molecular flexibility index (Phi) is 7.05. The van der Waals surface area contributed by atoms with Crippen LogP contribution in [0.4, 0.5) is 5.69 Å². The van der Waals surface area contributed by atoms with Crippen LogP contribution in [-0.2, 0) is 9.53 Å². The fourth-order valence-electron chi connectivity index (χ4n) is 2.34. The number of rotatable bonds is 7. The lowest BCUT2D eigenvalue weighted by atomic mass is 10.2. The standard InChI is InChI=1S/C20H18BrN3O4S/c1-12(2)27-19(26)15-5-3-4-6-16(15)22-17(25)11-29-20-24-23-18(28-20)13-7-9-14(21)10-8-13/h3-10,12H,11H2,1-2H3,(H,22,25). The lowest BCUT2D eigenvalue weighted by molar-refractivity contribution is -0.113. The van der Waals surface area contributed by atoms with Gasteiger partial charge in [0.25, 0.3) is 5.22 Å². The number of carbonyl (C=O) groups excluding carboxylic acids is 2. The van der Waals surface area contributed by atoms with Gasteiger partial charge in [0, 0.05) is 10.0 Å². The molecule has 3 rings (SSSR count). The molecule has 3 aromatic rings. The summed E-state index contributed by atoms with van der Waals surface area (Å²) in [6.45, 7) is 3.53. The van der Waals surface area contributed by atoms with Crippen molar-refractivity contribution in [1.29, 1.82) is 0 Å². The van der Waals surface area contributed by atoms with Crippen LogP contribution in [0.3, 0.4) is 0 Å². The number of benzene rings is 2. The summed E-state index contributed by atoms with van der Waals surface area (Å²) in [6, 6.07) is 14.2. The zero-order valence-corrected chi connectivity index (χ0v) is 18.1. The highest BCUT2D eigenvalue weighted by atomic mass is 79.9. The van der Waals surface area contributed by atoms with Crippen LogP contribution in [0.15, 0.2) is 62.6 Å². The van der Waals surface area contributed by atoms with Crippen LogP contribution < -0.4 is 5.32 Å². The number of para-hydroxylation sites is 1. The second-order valence-corrected chi connectivity index (χ2v) is 8.06. The molecular formula is C20H18BrN3O4S. The summed E-state index contributed by atoms with van der Waals surface area (Å²) >= 11 is 4.49. The van der Waals surface area contributed by atoms with E-state index in [9.17, 15) is 9.59 Å². The predicted molar refractivity (Wildman–Crippen MR) is 114 cm³/mol. The van der Waals surface area contributed by atoms with Crippen molar-refractivity contribution in [1.82, 2.24) is 10.2 Å². The molecule has 0 aliphatic rings. The van der Waals surface area contributed by atoms with Gasteiger partial charge in [-0.3, -0.25) is 4.79 Å². The van der Waals surface area contributed by atoms with E-state index >= 15 is 0 Å². The molecular weight excluding hydrogens is 458 g/mol. The third-order valence-electron chi connectivity index (χ3n) is 3.59. The van der Waals surface area contributed by atoms with Crippen LogP contribution >= 0.6 is 27.7 Å². The topological polar surface area (TPSA) is 94.3 Å². The first-order valence-electron chi connectivity index (χ1n) is 8.74. The molecule has 2 aromatic carbocycles. The Labute approximate surface area is 180 Å².